The van der Waals surface area contributed by atoms with E-state index in [1.807, 2.05) is 34.6 Å². The number of aromatic nitrogens is 2. The van der Waals surface area contributed by atoms with Gasteiger partial charge < -0.3 is 5.32 Å². The van der Waals surface area contributed by atoms with Crippen LogP contribution in [-0.4, -0.2) is 27.6 Å². The number of nitrogens with zero attached hydrogens (tertiary/aromatic N) is 2. The number of Topliss-reactive ketones (excluding diaryl/α,β-unsaturated/α-hetero) is 1. The number of halogens is 1. The third-order valence-corrected chi connectivity index (χ3v) is 3.22. The predicted molar refractivity (Wildman–Crippen MR) is 72.4 cm³/mol. The van der Waals surface area contributed by atoms with Crippen molar-refractivity contribution < 1.29 is 4.79 Å². The third-order valence-electron chi connectivity index (χ3n) is 2.64. The highest BCUT2D eigenvalue weighted by Gasteiger charge is 2.32. The molecule has 1 aromatic heterocycles. The number of nitrogens with one attached hydrogen (secondary N) is 1. The smallest absolute Gasteiger partial charge is 0.201 e. The van der Waals surface area contributed by atoms with Crippen LogP contribution >= 0.6 is 15.9 Å². The number of rotatable bonds is 5. The van der Waals surface area contributed by atoms with Crippen molar-refractivity contribution in [3.05, 3.63) is 16.4 Å². The molecule has 0 atom stereocenters. The number of carbonyl (C=O) groups excluding carboxylic acids is 1. The van der Waals surface area contributed by atoms with Gasteiger partial charge in [-0.15, -0.1) is 0 Å². The maximum absolute atomic E-state index is 12.5. The van der Waals surface area contributed by atoms with Gasteiger partial charge in [0.15, 0.2) is 0 Å². The Morgan fingerprint density at radius 3 is 2.65 bits per heavy atom. The van der Waals surface area contributed by atoms with Crippen molar-refractivity contribution >= 4 is 21.7 Å². The van der Waals surface area contributed by atoms with E-state index in [0.717, 1.165) is 11.0 Å². The summed E-state index contributed by atoms with van der Waals surface area (Å²) in [5.41, 5.74) is 0.0511. The molecule has 0 aliphatic rings. The molecule has 5 heteroatoms. The van der Waals surface area contributed by atoms with E-state index in [-0.39, 0.29) is 11.8 Å². The maximum Gasteiger partial charge on any atom is 0.201 e. The van der Waals surface area contributed by atoms with Crippen LogP contribution in [0.15, 0.2) is 10.7 Å². The fraction of sp³-hybridized carbons (Fsp3) is 0.667. The fourth-order valence-electron chi connectivity index (χ4n) is 1.76. The third kappa shape index (κ3) is 2.96. The SMILES string of the molecule is CCNC(C)(C)C(=O)c1c(Br)cnn1C(C)C. The first-order chi connectivity index (χ1) is 7.81. The Hall–Kier alpha value is -0.680. The van der Waals surface area contributed by atoms with E-state index in [0.29, 0.717) is 5.69 Å². The highest BCUT2D eigenvalue weighted by atomic mass is 79.9. The van der Waals surface area contributed by atoms with Crippen LogP contribution in [0.1, 0.15) is 51.1 Å². The second-order valence-corrected chi connectivity index (χ2v) is 5.72. The van der Waals surface area contributed by atoms with E-state index in [1.54, 1.807) is 10.9 Å². The van der Waals surface area contributed by atoms with Crippen molar-refractivity contribution in [2.45, 2.75) is 46.2 Å². The molecular weight excluding hydrogens is 282 g/mol. The minimum absolute atomic E-state index is 0.0532. The van der Waals surface area contributed by atoms with Crippen molar-refractivity contribution in [2.24, 2.45) is 0 Å². The van der Waals surface area contributed by atoms with Crippen LogP contribution in [0.2, 0.25) is 0 Å². The average molecular weight is 302 g/mol. The summed E-state index contributed by atoms with van der Waals surface area (Å²) in [4.78, 5) is 12.5. The Kier molecular flexibility index (Phi) is 4.49. The molecule has 0 bridgehead atoms. The number of ketones is 1. The number of carbonyl (C=O) groups is 1. The lowest BCUT2D eigenvalue weighted by Crippen LogP contribution is -2.47. The van der Waals surface area contributed by atoms with Crippen LogP contribution in [0.4, 0.5) is 0 Å². The standard InChI is InChI=1S/C12H20BrN3O/c1-6-14-12(4,5)11(17)10-9(13)7-15-16(10)8(2)3/h7-8,14H,6H2,1-5H3. The minimum atomic E-state index is -0.579. The van der Waals surface area contributed by atoms with Gasteiger partial charge in [-0.3, -0.25) is 9.48 Å². The molecule has 1 heterocycles. The van der Waals surface area contributed by atoms with Gasteiger partial charge in [0.2, 0.25) is 5.78 Å². The molecule has 1 rings (SSSR count). The summed E-state index contributed by atoms with van der Waals surface area (Å²) in [5.74, 6) is 0.0532. The van der Waals surface area contributed by atoms with Gasteiger partial charge in [0, 0.05) is 6.04 Å². The van der Waals surface area contributed by atoms with Crippen molar-refractivity contribution in [1.29, 1.82) is 0 Å². The molecule has 0 aromatic carbocycles. The molecule has 0 aliphatic carbocycles. The summed E-state index contributed by atoms with van der Waals surface area (Å²) < 4.78 is 2.51. The van der Waals surface area contributed by atoms with E-state index in [9.17, 15) is 4.79 Å². The van der Waals surface area contributed by atoms with Gasteiger partial charge in [-0.05, 0) is 50.2 Å². The first-order valence-corrected chi connectivity index (χ1v) is 6.63. The van der Waals surface area contributed by atoms with Crippen molar-refractivity contribution in [3.63, 3.8) is 0 Å². The zero-order valence-corrected chi connectivity index (χ0v) is 12.6. The predicted octanol–water partition coefficient (Wildman–Crippen LogP) is 2.80. The summed E-state index contributed by atoms with van der Waals surface area (Å²) in [7, 11) is 0. The lowest BCUT2D eigenvalue weighted by molar-refractivity contribution is 0.0870. The molecular formula is C12H20BrN3O. The van der Waals surface area contributed by atoms with Crippen molar-refractivity contribution in [2.75, 3.05) is 6.54 Å². The lowest BCUT2D eigenvalue weighted by Gasteiger charge is -2.25. The largest absolute Gasteiger partial charge is 0.305 e. The van der Waals surface area contributed by atoms with E-state index in [1.165, 1.54) is 0 Å². The second kappa shape index (κ2) is 5.31. The Morgan fingerprint density at radius 1 is 1.59 bits per heavy atom. The van der Waals surface area contributed by atoms with Gasteiger partial charge in [0.05, 0.1) is 16.2 Å². The Balaban J connectivity index is 3.16. The molecule has 0 aliphatic heterocycles. The maximum atomic E-state index is 12.5. The molecule has 1 aromatic rings. The molecule has 0 amide bonds. The summed E-state index contributed by atoms with van der Waals surface area (Å²) in [6.07, 6.45) is 1.68. The zero-order chi connectivity index (χ0) is 13.2. The van der Waals surface area contributed by atoms with Crippen LogP contribution in [0.3, 0.4) is 0 Å². The fourth-order valence-corrected chi connectivity index (χ4v) is 2.22. The molecule has 0 spiro atoms. The van der Waals surface area contributed by atoms with E-state index < -0.39 is 5.54 Å². The molecule has 0 saturated heterocycles. The molecule has 4 nitrogen and oxygen atoms in total. The van der Waals surface area contributed by atoms with Crippen LogP contribution in [-0.2, 0) is 0 Å². The van der Waals surface area contributed by atoms with Crippen molar-refractivity contribution in [3.8, 4) is 0 Å². The molecule has 0 saturated carbocycles. The monoisotopic (exact) mass is 301 g/mol. The second-order valence-electron chi connectivity index (χ2n) is 4.86. The zero-order valence-electron chi connectivity index (χ0n) is 11.0. The van der Waals surface area contributed by atoms with Gasteiger partial charge in [0.25, 0.3) is 0 Å². The normalized spacial score (nSPS) is 12.2. The first-order valence-electron chi connectivity index (χ1n) is 5.84. The Bertz CT molecular complexity index is 410. The summed E-state index contributed by atoms with van der Waals surface area (Å²) >= 11 is 3.40. The summed E-state index contributed by atoms with van der Waals surface area (Å²) in [5, 5.41) is 7.42. The average Bonchev–Trinajstić information content (AvgIpc) is 2.58. The molecule has 1 N–H and O–H groups in total. The number of likely N-dealkylation sites (N-methyl/N-ethyl adjacent to an activating group) is 1. The van der Waals surface area contributed by atoms with Gasteiger partial charge in [-0.2, -0.15) is 5.10 Å². The topological polar surface area (TPSA) is 46.9 Å². The molecule has 17 heavy (non-hydrogen) atoms. The van der Waals surface area contributed by atoms with E-state index in [2.05, 4.69) is 26.3 Å². The lowest BCUT2D eigenvalue weighted by atomic mass is 9.96. The van der Waals surface area contributed by atoms with Crippen LogP contribution in [0, 0.1) is 0 Å². The van der Waals surface area contributed by atoms with Crippen LogP contribution < -0.4 is 5.32 Å². The summed E-state index contributed by atoms with van der Waals surface area (Å²) in [6, 6.07) is 0.165. The van der Waals surface area contributed by atoms with Gasteiger partial charge in [0.1, 0.15) is 5.69 Å². The van der Waals surface area contributed by atoms with E-state index >= 15 is 0 Å². The Labute approximate surface area is 111 Å². The van der Waals surface area contributed by atoms with Crippen LogP contribution in [0.5, 0.6) is 0 Å². The van der Waals surface area contributed by atoms with Gasteiger partial charge >= 0.3 is 0 Å². The highest BCUT2D eigenvalue weighted by molar-refractivity contribution is 9.10. The molecule has 0 unspecified atom stereocenters. The summed E-state index contributed by atoms with van der Waals surface area (Å²) in [6.45, 7) is 10.6. The van der Waals surface area contributed by atoms with Gasteiger partial charge in [-0.1, -0.05) is 6.92 Å². The van der Waals surface area contributed by atoms with Crippen molar-refractivity contribution in [1.82, 2.24) is 15.1 Å². The molecule has 96 valence electrons. The van der Waals surface area contributed by atoms with E-state index in [4.69, 9.17) is 0 Å². The number of hydrogen-bond donors (Lipinski definition) is 1. The quantitative estimate of drug-likeness (QED) is 0.851. The highest BCUT2D eigenvalue weighted by Crippen LogP contribution is 2.24. The van der Waals surface area contributed by atoms with Crippen LogP contribution in [0.25, 0.3) is 0 Å². The Morgan fingerprint density at radius 2 is 2.18 bits per heavy atom. The van der Waals surface area contributed by atoms with Gasteiger partial charge in [-0.25, -0.2) is 0 Å². The first kappa shape index (κ1) is 14.4. The molecule has 0 fully saturated rings. The number of hydrogen-bond acceptors (Lipinski definition) is 3. The minimum Gasteiger partial charge on any atom is -0.305 e. The molecule has 0 radical (unpaired) electrons.